The van der Waals surface area contributed by atoms with E-state index in [0.29, 0.717) is 0 Å². The van der Waals surface area contributed by atoms with Crippen molar-refractivity contribution in [2.45, 2.75) is 12.2 Å². The normalized spacial score (nSPS) is 14.4. The zero-order valence-electron chi connectivity index (χ0n) is 8.05. The van der Waals surface area contributed by atoms with Crippen molar-refractivity contribution in [2.75, 3.05) is 7.11 Å². The Kier molecular flexibility index (Phi) is 3.76. The highest BCUT2D eigenvalue weighted by Crippen LogP contribution is 2.17. The summed E-state index contributed by atoms with van der Waals surface area (Å²) in [5.74, 6) is -1.40. The van der Waals surface area contributed by atoms with Crippen LogP contribution in [0.4, 0.5) is 4.39 Å². The molecule has 82 valence electrons. The topological polar surface area (TPSA) is 66.8 Å². The summed E-state index contributed by atoms with van der Waals surface area (Å²) >= 11 is 0. The molecule has 0 aliphatic heterocycles. The quantitative estimate of drug-likeness (QED) is 0.714. The fourth-order valence-electron chi connectivity index (χ4n) is 1.09. The van der Waals surface area contributed by atoms with Crippen molar-refractivity contribution < 1.29 is 24.1 Å². The number of hydrogen-bond donors (Lipinski definition) is 2. The van der Waals surface area contributed by atoms with Gasteiger partial charge in [0.1, 0.15) is 11.9 Å². The fourth-order valence-corrected chi connectivity index (χ4v) is 1.09. The predicted octanol–water partition coefficient (Wildman–Crippen LogP) is 0.393. The second-order valence-electron chi connectivity index (χ2n) is 2.96. The van der Waals surface area contributed by atoms with E-state index in [1.54, 1.807) is 0 Å². The van der Waals surface area contributed by atoms with Crippen LogP contribution < -0.4 is 0 Å². The number of carbonyl (C=O) groups is 1. The number of halogens is 1. The summed E-state index contributed by atoms with van der Waals surface area (Å²) in [6.07, 6.45) is -3.08. The summed E-state index contributed by atoms with van der Waals surface area (Å²) in [5, 5.41) is 18.8. The molecule has 1 aromatic carbocycles. The number of ether oxygens (including phenoxy) is 1. The fraction of sp³-hybridized carbons (Fsp3) is 0.300. The summed E-state index contributed by atoms with van der Waals surface area (Å²) in [6, 6.07) is 4.82. The first-order valence-electron chi connectivity index (χ1n) is 4.25. The number of hydrogen-bond acceptors (Lipinski definition) is 4. The number of aliphatic hydroxyl groups is 2. The highest BCUT2D eigenvalue weighted by molar-refractivity contribution is 5.75. The second-order valence-corrected chi connectivity index (χ2v) is 2.96. The minimum absolute atomic E-state index is 0.245. The Morgan fingerprint density at radius 1 is 1.33 bits per heavy atom. The molecule has 5 heteroatoms. The Morgan fingerprint density at radius 3 is 2.33 bits per heavy atom. The summed E-state index contributed by atoms with van der Waals surface area (Å²) in [4.78, 5) is 10.9. The van der Waals surface area contributed by atoms with Crippen LogP contribution in [0.3, 0.4) is 0 Å². The summed E-state index contributed by atoms with van der Waals surface area (Å²) in [5.41, 5.74) is 0.245. The lowest BCUT2D eigenvalue weighted by Gasteiger charge is -2.15. The van der Waals surface area contributed by atoms with Crippen LogP contribution in [0.15, 0.2) is 24.3 Å². The van der Waals surface area contributed by atoms with Crippen molar-refractivity contribution >= 4 is 5.97 Å². The van der Waals surface area contributed by atoms with Gasteiger partial charge in [-0.3, -0.25) is 0 Å². The van der Waals surface area contributed by atoms with E-state index in [0.717, 1.165) is 19.2 Å². The lowest BCUT2D eigenvalue weighted by Crippen LogP contribution is -2.28. The van der Waals surface area contributed by atoms with Crippen molar-refractivity contribution in [1.29, 1.82) is 0 Å². The van der Waals surface area contributed by atoms with E-state index in [9.17, 15) is 19.4 Å². The molecule has 0 unspecified atom stereocenters. The lowest BCUT2D eigenvalue weighted by molar-refractivity contribution is -0.156. The smallest absolute Gasteiger partial charge is 0.337 e. The van der Waals surface area contributed by atoms with Crippen LogP contribution in [0.2, 0.25) is 0 Å². The van der Waals surface area contributed by atoms with E-state index in [-0.39, 0.29) is 5.56 Å². The van der Waals surface area contributed by atoms with Crippen molar-refractivity contribution in [1.82, 2.24) is 0 Å². The molecule has 1 aromatic rings. The molecule has 0 saturated heterocycles. The molecule has 0 bridgehead atoms. The standard InChI is InChI=1S/C10H11FO4/c1-15-10(14)9(13)8(12)6-2-4-7(11)5-3-6/h2-5,8-9,12-13H,1H3/t8-,9+/m0/s1. The SMILES string of the molecule is COC(=O)[C@H](O)[C@@H](O)c1ccc(F)cc1. The second kappa shape index (κ2) is 4.86. The molecule has 0 spiro atoms. The van der Waals surface area contributed by atoms with Crippen molar-refractivity contribution in [2.24, 2.45) is 0 Å². The highest BCUT2D eigenvalue weighted by Gasteiger charge is 2.26. The molecule has 4 nitrogen and oxygen atoms in total. The first-order valence-corrected chi connectivity index (χ1v) is 4.25. The zero-order chi connectivity index (χ0) is 11.4. The number of carbonyl (C=O) groups excluding carboxylic acids is 1. The average Bonchev–Trinajstić information content (AvgIpc) is 2.27. The van der Waals surface area contributed by atoms with Crippen LogP contribution in [0.25, 0.3) is 0 Å². The third-order valence-electron chi connectivity index (χ3n) is 1.95. The minimum atomic E-state index is -1.67. The van der Waals surface area contributed by atoms with Crippen molar-refractivity contribution in [3.63, 3.8) is 0 Å². The molecular formula is C10H11FO4. The Hall–Kier alpha value is -1.46. The molecule has 0 aromatic heterocycles. The molecule has 0 aliphatic carbocycles. The maximum Gasteiger partial charge on any atom is 0.337 e. The van der Waals surface area contributed by atoms with E-state index in [1.807, 2.05) is 0 Å². The molecule has 0 radical (unpaired) electrons. The molecule has 0 heterocycles. The molecule has 0 fully saturated rings. The molecule has 2 N–H and O–H groups in total. The van der Waals surface area contributed by atoms with Gasteiger partial charge in [0.15, 0.2) is 6.10 Å². The maximum absolute atomic E-state index is 12.5. The third-order valence-corrected chi connectivity index (χ3v) is 1.95. The van der Waals surface area contributed by atoms with Crippen LogP contribution in [-0.4, -0.2) is 29.4 Å². The molecule has 15 heavy (non-hydrogen) atoms. The van der Waals surface area contributed by atoms with Gasteiger partial charge in [-0.15, -0.1) is 0 Å². The Bertz CT molecular complexity index is 336. The Balaban J connectivity index is 2.80. The largest absolute Gasteiger partial charge is 0.467 e. The van der Waals surface area contributed by atoms with E-state index >= 15 is 0 Å². The first kappa shape index (κ1) is 11.6. The van der Waals surface area contributed by atoms with E-state index in [4.69, 9.17) is 0 Å². The number of benzene rings is 1. The third kappa shape index (κ3) is 2.74. The maximum atomic E-state index is 12.5. The Morgan fingerprint density at radius 2 is 1.87 bits per heavy atom. The highest BCUT2D eigenvalue weighted by atomic mass is 19.1. The lowest BCUT2D eigenvalue weighted by atomic mass is 10.0. The molecule has 2 atom stereocenters. The summed E-state index contributed by atoms with van der Waals surface area (Å²) < 4.78 is 16.8. The number of aliphatic hydroxyl groups excluding tert-OH is 2. The molecule has 0 saturated carbocycles. The Labute approximate surface area is 85.9 Å². The van der Waals surface area contributed by atoms with Crippen LogP contribution in [-0.2, 0) is 9.53 Å². The zero-order valence-corrected chi connectivity index (χ0v) is 8.05. The molecule has 0 aliphatic rings. The van der Waals surface area contributed by atoms with Gasteiger partial charge in [0.05, 0.1) is 7.11 Å². The van der Waals surface area contributed by atoms with Crippen molar-refractivity contribution in [3.05, 3.63) is 35.6 Å². The number of esters is 1. The number of methoxy groups -OCH3 is 1. The number of rotatable bonds is 3. The van der Waals surface area contributed by atoms with Gasteiger partial charge in [0.2, 0.25) is 0 Å². The van der Waals surface area contributed by atoms with Crippen LogP contribution in [0.1, 0.15) is 11.7 Å². The van der Waals surface area contributed by atoms with Gasteiger partial charge in [-0.05, 0) is 17.7 Å². The van der Waals surface area contributed by atoms with Crippen molar-refractivity contribution in [3.8, 4) is 0 Å². The van der Waals surface area contributed by atoms with Gasteiger partial charge in [-0.2, -0.15) is 0 Å². The summed E-state index contributed by atoms with van der Waals surface area (Å²) in [6.45, 7) is 0. The van der Waals surface area contributed by atoms with Gasteiger partial charge < -0.3 is 14.9 Å². The first-order chi connectivity index (χ1) is 7.06. The molecular weight excluding hydrogens is 203 g/mol. The van der Waals surface area contributed by atoms with Gasteiger partial charge in [-0.25, -0.2) is 9.18 Å². The monoisotopic (exact) mass is 214 g/mol. The van der Waals surface area contributed by atoms with Gasteiger partial charge in [0, 0.05) is 0 Å². The van der Waals surface area contributed by atoms with Crippen LogP contribution >= 0.6 is 0 Å². The summed E-state index contributed by atoms with van der Waals surface area (Å²) in [7, 11) is 1.10. The van der Waals surface area contributed by atoms with Crippen LogP contribution in [0.5, 0.6) is 0 Å². The minimum Gasteiger partial charge on any atom is -0.467 e. The average molecular weight is 214 g/mol. The van der Waals surface area contributed by atoms with E-state index < -0.39 is 24.0 Å². The molecule has 0 amide bonds. The van der Waals surface area contributed by atoms with Gasteiger partial charge in [-0.1, -0.05) is 12.1 Å². The van der Waals surface area contributed by atoms with E-state index in [2.05, 4.69) is 4.74 Å². The van der Waals surface area contributed by atoms with Gasteiger partial charge in [0.25, 0.3) is 0 Å². The van der Waals surface area contributed by atoms with Crippen LogP contribution in [0, 0.1) is 5.82 Å². The van der Waals surface area contributed by atoms with E-state index in [1.165, 1.54) is 12.1 Å². The predicted molar refractivity (Wildman–Crippen MR) is 49.4 cm³/mol. The molecule has 1 rings (SSSR count). The van der Waals surface area contributed by atoms with Gasteiger partial charge >= 0.3 is 5.97 Å².